The van der Waals surface area contributed by atoms with Crippen LogP contribution in [0.3, 0.4) is 0 Å². The van der Waals surface area contributed by atoms with Gasteiger partial charge in [-0.3, -0.25) is 14.9 Å². The smallest absolute Gasteiger partial charge is 0.282 e. The molecule has 1 amide bonds. The molecule has 0 spiro atoms. The normalized spacial score (nSPS) is 9.71. The van der Waals surface area contributed by atoms with E-state index in [9.17, 15) is 14.9 Å². The van der Waals surface area contributed by atoms with Crippen LogP contribution in [-0.2, 0) is 0 Å². The first-order valence-electron chi connectivity index (χ1n) is 6.08. The van der Waals surface area contributed by atoms with Gasteiger partial charge in [0.25, 0.3) is 11.6 Å². The Morgan fingerprint density at radius 1 is 1.29 bits per heavy atom. The van der Waals surface area contributed by atoms with Crippen LogP contribution in [0.1, 0.15) is 21.5 Å². The molecule has 104 valence electrons. The minimum absolute atomic E-state index is 0.0432. The number of para-hydroxylation sites is 1. The van der Waals surface area contributed by atoms with Crippen LogP contribution in [0.25, 0.3) is 0 Å². The zero-order valence-corrected chi connectivity index (χ0v) is 11.2. The van der Waals surface area contributed by atoms with E-state index in [1.165, 1.54) is 12.1 Å². The summed E-state index contributed by atoms with van der Waals surface area (Å²) in [5, 5.41) is 22.5. The molecule has 0 fully saturated rings. The Bertz CT molecular complexity index is 763. The molecular formula is C15H11N3O3. The lowest BCUT2D eigenvalue weighted by atomic mass is 10.1. The molecule has 1 N–H and O–H groups in total. The van der Waals surface area contributed by atoms with Gasteiger partial charge in [0.1, 0.15) is 11.6 Å². The van der Waals surface area contributed by atoms with Crippen LogP contribution in [0.15, 0.2) is 42.5 Å². The molecule has 0 heterocycles. The maximum absolute atomic E-state index is 12.2. The second-order valence-electron chi connectivity index (χ2n) is 4.39. The van der Waals surface area contributed by atoms with Gasteiger partial charge >= 0.3 is 0 Å². The Balaban J connectivity index is 2.38. The molecule has 0 saturated heterocycles. The highest BCUT2D eigenvalue weighted by atomic mass is 16.6. The molecule has 6 nitrogen and oxygen atoms in total. The fourth-order valence-electron chi connectivity index (χ4n) is 1.86. The molecular weight excluding hydrogens is 270 g/mol. The zero-order chi connectivity index (χ0) is 15.4. The molecule has 2 aromatic carbocycles. The third-order valence-corrected chi connectivity index (χ3v) is 2.89. The number of carbonyl (C=O) groups excluding carboxylic acids is 1. The van der Waals surface area contributed by atoms with E-state index >= 15 is 0 Å². The second kappa shape index (κ2) is 5.84. The SMILES string of the molecule is Cc1ccc(C(=O)Nc2ccccc2C#N)c([N+](=O)[O-])c1. The summed E-state index contributed by atoms with van der Waals surface area (Å²) in [5.74, 6) is -0.621. The standard InChI is InChI=1S/C15H11N3O3/c1-10-6-7-12(14(8-10)18(20)21)15(19)17-13-5-3-2-4-11(13)9-16/h2-8H,1H3,(H,17,19). The molecule has 0 unspecified atom stereocenters. The van der Waals surface area contributed by atoms with Crippen LogP contribution in [-0.4, -0.2) is 10.8 Å². The van der Waals surface area contributed by atoms with E-state index in [-0.39, 0.29) is 11.3 Å². The average Bonchev–Trinajstić information content (AvgIpc) is 2.47. The van der Waals surface area contributed by atoms with Crippen LogP contribution < -0.4 is 5.32 Å². The summed E-state index contributed by atoms with van der Waals surface area (Å²) in [6, 6.07) is 12.8. The number of nitrogens with one attached hydrogen (secondary N) is 1. The zero-order valence-electron chi connectivity index (χ0n) is 11.2. The Hall–Kier alpha value is -3.20. The molecule has 0 aromatic heterocycles. The van der Waals surface area contributed by atoms with Crippen molar-refractivity contribution in [1.82, 2.24) is 0 Å². The first-order chi connectivity index (χ1) is 10.0. The Kier molecular flexibility index (Phi) is 3.95. The molecule has 2 aromatic rings. The van der Waals surface area contributed by atoms with Gasteiger partial charge in [0.2, 0.25) is 0 Å². The van der Waals surface area contributed by atoms with Crippen molar-refractivity contribution in [2.24, 2.45) is 0 Å². The summed E-state index contributed by atoms with van der Waals surface area (Å²) in [6.07, 6.45) is 0. The van der Waals surface area contributed by atoms with Crippen LogP contribution in [0.5, 0.6) is 0 Å². The maximum Gasteiger partial charge on any atom is 0.282 e. The number of nitriles is 1. The number of aryl methyl sites for hydroxylation is 1. The van der Waals surface area contributed by atoms with Gasteiger partial charge < -0.3 is 5.32 Å². The van der Waals surface area contributed by atoms with E-state index in [4.69, 9.17) is 5.26 Å². The molecule has 0 atom stereocenters. The quantitative estimate of drug-likeness (QED) is 0.690. The minimum atomic E-state index is -0.621. The summed E-state index contributed by atoms with van der Waals surface area (Å²) in [4.78, 5) is 22.6. The highest BCUT2D eigenvalue weighted by Crippen LogP contribution is 2.22. The Morgan fingerprint density at radius 2 is 2.00 bits per heavy atom. The number of carbonyl (C=O) groups is 1. The molecule has 0 aliphatic rings. The molecule has 0 saturated carbocycles. The number of hydrogen-bond acceptors (Lipinski definition) is 4. The molecule has 0 bridgehead atoms. The maximum atomic E-state index is 12.2. The van der Waals surface area contributed by atoms with Gasteiger partial charge in [-0.05, 0) is 30.7 Å². The van der Waals surface area contributed by atoms with Crippen LogP contribution in [0, 0.1) is 28.4 Å². The van der Waals surface area contributed by atoms with E-state index in [1.54, 1.807) is 37.3 Å². The van der Waals surface area contributed by atoms with E-state index in [0.29, 0.717) is 16.8 Å². The minimum Gasteiger partial charge on any atom is -0.321 e. The number of nitro benzene ring substituents is 1. The lowest BCUT2D eigenvalue weighted by Gasteiger charge is -2.07. The molecule has 6 heteroatoms. The third-order valence-electron chi connectivity index (χ3n) is 2.89. The van der Waals surface area contributed by atoms with Gasteiger partial charge in [-0.15, -0.1) is 0 Å². The summed E-state index contributed by atoms with van der Waals surface area (Å²) >= 11 is 0. The number of benzene rings is 2. The molecule has 21 heavy (non-hydrogen) atoms. The topological polar surface area (TPSA) is 96.0 Å². The highest BCUT2D eigenvalue weighted by molar-refractivity contribution is 6.07. The Morgan fingerprint density at radius 3 is 2.67 bits per heavy atom. The summed E-state index contributed by atoms with van der Waals surface area (Å²) in [5.41, 5.74) is 0.997. The van der Waals surface area contributed by atoms with Gasteiger partial charge in [-0.1, -0.05) is 18.2 Å². The van der Waals surface area contributed by atoms with Crippen molar-refractivity contribution in [3.8, 4) is 6.07 Å². The van der Waals surface area contributed by atoms with E-state index in [2.05, 4.69) is 5.32 Å². The van der Waals surface area contributed by atoms with Crippen molar-refractivity contribution in [1.29, 1.82) is 5.26 Å². The summed E-state index contributed by atoms with van der Waals surface area (Å²) in [6.45, 7) is 1.71. The number of amides is 1. The van der Waals surface area contributed by atoms with Crippen molar-refractivity contribution >= 4 is 17.3 Å². The van der Waals surface area contributed by atoms with Gasteiger partial charge in [0, 0.05) is 6.07 Å². The average molecular weight is 281 g/mol. The first kappa shape index (κ1) is 14.2. The van der Waals surface area contributed by atoms with Crippen molar-refractivity contribution in [3.05, 3.63) is 69.3 Å². The number of hydrogen-bond donors (Lipinski definition) is 1. The third kappa shape index (κ3) is 3.04. The van der Waals surface area contributed by atoms with Crippen molar-refractivity contribution < 1.29 is 9.72 Å². The molecule has 0 radical (unpaired) electrons. The summed E-state index contributed by atoms with van der Waals surface area (Å²) < 4.78 is 0. The number of nitro groups is 1. The second-order valence-corrected chi connectivity index (χ2v) is 4.39. The van der Waals surface area contributed by atoms with Gasteiger partial charge in [-0.25, -0.2) is 0 Å². The lowest BCUT2D eigenvalue weighted by molar-refractivity contribution is -0.385. The monoisotopic (exact) mass is 281 g/mol. The fraction of sp³-hybridized carbons (Fsp3) is 0.0667. The lowest BCUT2D eigenvalue weighted by Crippen LogP contribution is -2.14. The first-order valence-corrected chi connectivity index (χ1v) is 6.08. The van der Waals surface area contributed by atoms with Gasteiger partial charge in [-0.2, -0.15) is 5.26 Å². The van der Waals surface area contributed by atoms with E-state index in [0.717, 1.165) is 0 Å². The predicted octanol–water partition coefficient (Wildman–Crippen LogP) is 3.03. The number of anilines is 1. The number of nitrogens with zero attached hydrogens (tertiary/aromatic N) is 2. The molecule has 0 aliphatic heterocycles. The van der Waals surface area contributed by atoms with E-state index in [1.807, 2.05) is 6.07 Å². The summed E-state index contributed by atoms with van der Waals surface area (Å²) in [7, 11) is 0. The largest absolute Gasteiger partial charge is 0.321 e. The molecule has 0 aliphatic carbocycles. The van der Waals surface area contributed by atoms with Crippen LogP contribution in [0.2, 0.25) is 0 Å². The van der Waals surface area contributed by atoms with Gasteiger partial charge in [0.15, 0.2) is 0 Å². The van der Waals surface area contributed by atoms with Crippen LogP contribution in [0.4, 0.5) is 11.4 Å². The van der Waals surface area contributed by atoms with E-state index < -0.39 is 10.8 Å². The van der Waals surface area contributed by atoms with Crippen molar-refractivity contribution in [3.63, 3.8) is 0 Å². The van der Waals surface area contributed by atoms with Crippen molar-refractivity contribution in [2.45, 2.75) is 6.92 Å². The predicted molar refractivity (Wildman–Crippen MR) is 76.9 cm³/mol. The Labute approximate surface area is 120 Å². The molecule has 2 rings (SSSR count). The van der Waals surface area contributed by atoms with Crippen molar-refractivity contribution in [2.75, 3.05) is 5.32 Å². The fourth-order valence-corrected chi connectivity index (χ4v) is 1.86. The highest BCUT2D eigenvalue weighted by Gasteiger charge is 2.20. The number of rotatable bonds is 3. The van der Waals surface area contributed by atoms with Crippen LogP contribution >= 0.6 is 0 Å². The van der Waals surface area contributed by atoms with Gasteiger partial charge in [0.05, 0.1) is 16.2 Å².